The van der Waals surface area contributed by atoms with Crippen LogP contribution in [0.2, 0.25) is 0 Å². The molecule has 0 heterocycles. The van der Waals surface area contributed by atoms with Crippen molar-refractivity contribution in [1.82, 2.24) is 5.32 Å². The van der Waals surface area contributed by atoms with Crippen molar-refractivity contribution in [2.75, 3.05) is 25.3 Å². The maximum absolute atomic E-state index is 11.8. The van der Waals surface area contributed by atoms with Gasteiger partial charge in [0.25, 0.3) is 0 Å². The van der Waals surface area contributed by atoms with Gasteiger partial charge in [0.05, 0.1) is 18.6 Å². The summed E-state index contributed by atoms with van der Waals surface area (Å²) in [5.74, 6) is -1.67. The number of hydrogen-bond acceptors (Lipinski definition) is 5. The van der Waals surface area contributed by atoms with Crippen molar-refractivity contribution in [1.29, 1.82) is 0 Å². The van der Waals surface area contributed by atoms with Gasteiger partial charge in [-0.05, 0) is 6.42 Å². The van der Waals surface area contributed by atoms with E-state index in [1.807, 2.05) is 0 Å². The summed E-state index contributed by atoms with van der Waals surface area (Å²) in [4.78, 5) is 21.4. The zero-order chi connectivity index (χ0) is 13.5. The molecule has 0 aliphatic carbocycles. The van der Waals surface area contributed by atoms with Crippen molar-refractivity contribution in [2.24, 2.45) is 0 Å². The van der Waals surface area contributed by atoms with Crippen LogP contribution in [0, 0.1) is 0 Å². The van der Waals surface area contributed by atoms with E-state index in [2.05, 4.69) is 5.32 Å². The zero-order valence-electron chi connectivity index (χ0n) is 10.8. The number of aliphatic carboxylic acids is 1. The minimum atomic E-state index is -2.87. The quantitative estimate of drug-likeness (QED) is 0.289. The van der Waals surface area contributed by atoms with E-state index in [-0.39, 0.29) is 54.6 Å². The van der Waals surface area contributed by atoms with Gasteiger partial charge >= 0.3 is 29.6 Å². The van der Waals surface area contributed by atoms with E-state index in [1.165, 1.54) is 13.6 Å². The van der Waals surface area contributed by atoms with E-state index in [4.69, 9.17) is 16.1 Å². The molecule has 9 heteroatoms. The second kappa shape index (κ2) is 10.2. The Balaban J connectivity index is 0. The van der Waals surface area contributed by atoms with Crippen LogP contribution in [0.5, 0.6) is 0 Å². The van der Waals surface area contributed by atoms with Gasteiger partial charge in [-0.2, -0.15) is 0 Å². The molecular weight excluding hydrogens is 292 g/mol. The number of hydrogen-bond donors (Lipinski definition) is 1. The van der Waals surface area contributed by atoms with E-state index in [0.717, 1.165) is 0 Å². The Morgan fingerprint density at radius 1 is 1.50 bits per heavy atom. The standard InChI is InChI=1S/C9H17ClNO5P.Na/c1-7(12)11-8(9(13)14)3-6-17(2,15)16-5-4-10;/h8H,3-6H2,1-2H3,(H,11,12)(H,13,14);/q;+1/p-1. The molecule has 0 spiro atoms. The van der Waals surface area contributed by atoms with Gasteiger partial charge in [-0.3, -0.25) is 9.36 Å². The average Bonchev–Trinajstić information content (AvgIpc) is 2.20. The molecule has 1 N–H and O–H groups in total. The minimum absolute atomic E-state index is 0. The first-order chi connectivity index (χ1) is 7.78. The van der Waals surface area contributed by atoms with Crippen molar-refractivity contribution in [3.8, 4) is 0 Å². The van der Waals surface area contributed by atoms with Gasteiger partial charge in [-0.15, -0.1) is 11.6 Å². The fraction of sp³-hybridized carbons (Fsp3) is 0.778. The third-order valence-electron chi connectivity index (χ3n) is 1.93. The Hall–Kier alpha value is 0.420. The molecule has 0 bridgehead atoms. The van der Waals surface area contributed by atoms with E-state index in [0.29, 0.717) is 0 Å². The third kappa shape index (κ3) is 10.4. The third-order valence-corrected chi connectivity index (χ3v) is 3.88. The smallest absolute Gasteiger partial charge is 0.548 e. The maximum Gasteiger partial charge on any atom is 1.00 e. The summed E-state index contributed by atoms with van der Waals surface area (Å²) in [6.45, 7) is 2.75. The van der Waals surface area contributed by atoms with Crippen LogP contribution in [0.3, 0.4) is 0 Å². The summed E-state index contributed by atoms with van der Waals surface area (Å²) in [5.41, 5.74) is 0. The van der Waals surface area contributed by atoms with Gasteiger partial charge in [0.1, 0.15) is 0 Å². The monoisotopic (exact) mass is 307 g/mol. The van der Waals surface area contributed by atoms with Crippen molar-refractivity contribution >= 4 is 30.8 Å². The summed E-state index contributed by atoms with van der Waals surface area (Å²) in [7, 11) is -2.87. The molecule has 0 aliphatic rings. The maximum atomic E-state index is 11.8. The second-order valence-electron chi connectivity index (χ2n) is 3.62. The molecule has 0 saturated carbocycles. The van der Waals surface area contributed by atoms with Gasteiger partial charge in [0, 0.05) is 25.6 Å². The van der Waals surface area contributed by atoms with E-state index in [1.54, 1.807) is 0 Å². The number of nitrogens with one attached hydrogen (secondary N) is 1. The summed E-state index contributed by atoms with van der Waals surface area (Å²) >= 11 is 5.38. The van der Waals surface area contributed by atoms with E-state index < -0.39 is 25.3 Å². The number of carbonyl (C=O) groups is 2. The molecule has 0 aromatic heterocycles. The first kappa shape index (κ1) is 20.7. The molecule has 2 atom stereocenters. The Morgan fingerprint density at radius 2 is 2.06 bits per heavy atom. The Morgan fingerprint density at radius 3 is 2.44 bits per heavy atom. The average molecular weight is 308 g/mol. The van der Waals surface area contributed by atoms with Crippen LogP contribution >= 0.6 is 19.0 Å². The van der Waals surface area contributed by atoms with Gasteiger partial charge in [0.15, 0.2) is 7.37 Å². The van der Waals surface area contributed by atoms with Crippen LogP contribution in [0.1, 0.15) is 13.3 Å². The van der Waals surface area contributed by atoms with Crippen LogP contribution in [0.25, 0.3) is 0 Å². The molecule has 0 aliphatic heterocycles. The van der Waals surface area contributed by atoms with Crippen LogP contribution in [-0.4, -0.2) is 43.2 Å². The molecule has 1 amide bonds. The van der Waals surface area contributed by atoms with Gasteiger partial charge in [0.2, 0.25) is 5.91 Å². The van der Waals surface area contributed by atoms with Crippen molar-refractivity contribution < 1.29 is 53.3 Å². The number of rotatable bonds is 8. The molecule has 0 saturated heterocycles. The Kier molecular flexibility index (Phi) is 11.8. The number of alkyl halides is 1. The number of carbonyl (C=O) groups excluding carboxylic acids is 2. The normalized spacial score (nSPS) is 15.1. The first-order valence-corrected chi connectivity index (χ1v) is 7.82. The van der Waals surface area contributed by atoms with Crippen molar-refractivity contribution in [2.45, 2.75) is 19.4 Å². The molecule has 0 radical (unpaired) electrons. The molecule has 2 unspecified atom stereocenters. The van der Waals surface area contributed by atoms with Crippen LogP contribution in [-0.2, 0) is 18.7 Å². The largest absolute Gasteiger partial charge is 1.00 e. The molecule has 0 aromatic rings. The number of halogens is 1. The number of carboxylic acid groups (broad SMARTS) is 1. The van der Waals surface area contributed by atoms with Crippen molar-refractivity contribution in [3.05, 3.63) is 0 Å². The summed E-state index contributed by atoms with van der Waals surface area (Å²) in [6.07, 6.45) is 0.0425. The summed E-state index contributed by atoms with van der Waals surface area (Å²) in [5, 5.41) is 12.9. The zero-order valence-corrected chi connectivity index (χ0v) is 14.4. The first-order valence-electron chi connectivity index (χ1n) is 5.03. The predicted molar refractivity (Wildman–Crippen MR) is 62.3 cm³/mol. The SMILES string of the molecule is CC(=O)NC(CCP(C)(=O)OCCCl)C(=O)[O-].[Na+]. The van der Waals surface area contributed by atoms with Gasteiger partial charge in [-0.25, -0.2) is 0 Å². The van der Waals surface area contributed by atoms with Crippen LogP contribution in [0.4, 0.5) is 0 Å². The fourth-order valence-electron chi connectivity index (χ4n) is 1.15. The molecule has 0 fully saturated rings. The van der Waals surface area contributed by atoms with Crippen LogP contribution in [0.15, 0.2) is 0 Å². The van der Waals surface area contributed by atoms with E-state index in [9.17, 15) is 19.3 Å². The Labute approximate surface area is 134 Å². The predicted octanol–water partition coefficient (Wildman–Crippen LogP) is -3.20. The van der Waals surface area contributed by atoms with Crippen molar-refractivity contribution in [3.63, 3.8) is 0 Å². The molecule has 100 valence electrons. The van der Waals surface area contributed by atoms with Crippen LogP contribution < -0.4 is 40.0 Å². The molecule has 6 nitrogen and oxygen atoms in total. The van der Waals surface area contributed by atoms with Gasteiger partial charge in [-0.1, -0.05) is 0 Å². The summed E-state index contributed by atoms with van der Waals surface area (Å²) < 4.78 is 16.8. The van der Waals surface area contributed by atoms with Gasteiger partial charge < -0.3 is 19.7 Å². The van der Waals surface area contributed by atoms with E-state index >= 15 is 0 Å². The Bertz CT molecular complexity index is 328. The minimum Gasteiger partial charge on any atom is -0.548 e. The number of amides is 1. The fourth-order valence-corrected chi connectivity index (χ4v) is 2.67. The second-order valence-corrected chi connectivity index (χ2v) is 6.73. The molecule has 0 aromatic carbocycles. The molecular formula is C9H16ClNNaO5P. The summed E-state index contributed by atoms with van der Waals surface area (Å²) in [6, 6.07) is -1.15. The topological polar surface area (TPSA) is 95.5 Å². The number of carboxylic acids is 1. The molecule has 18 heavy (non-hydrogen) atoms. The molecule has 0 rings (SSSR count).